The molecule has 0 aliphatic carbocycles. The fourth-order valence-corrected chi connectivity index (χ4v) is 3.96. The van der Waals surface area contributed by atoms with E-state index in [0.29, 0.717) is 29.2 Å². The highest BCUT2D eigenvalue weighted by atomic mass is 19.4. The lowest BCUT2D eigenvalue weighted by Gasteiger charge is -2.14. The van der Waals surface area contributed by atoms with E-state index in [4.69, 9.17) is 9.47 Å². The number of aromatic nitrogens is 4. The van der Waals surface area contributed by atoms with Crippen molar-refractivity contribution < 1.29 is 22.6 Å². The van der Waals surface area contributed by atoms with Crippen molar-refractivity contribution in [2.24, 2.45) is 0 Å². The topological polar surface area (TPSA) is 82.0 Å². The first kappa shape index (κ1) is 27.0. The largest absolute Gasteiger partial charge is 0.496 e. The molecule has 0 unspecified atom stereocenters. The number of methoxy groups -OCH3 is 1. The summed E-state index contributed by atoms with van der Waals surface area (Å²) in [5.41, 5.74) is 5.43. The Labute approximate surface area is 219 Å². The van der Waals surface area contributed by atoms with Crippen molar-refractivity contribution in [3.05, 3.63) is 89.5 Å². The van der Waals surface area contributed by atoms with Crippen molar-refractivity contribution in [3.63, 3.8) is 0 Å². The number of halogens is 3. The van der Waals surface area contributed by atoms with Crippen LogP contribution in [0.2, 0.25) is 0 Å². The zero-order chi connectivity index (χ0) is 27.0. The number of hydrogen-bond acceptors (Lipinski definition) is 7. The summed E-state index contributed by atoms with van der Waals surface area (Å²) in [6.45, 7) is 0.239. The first-order valence-corrected chi connectivity index (χ1v) is 12.1. The average molecular weight is 524 g/mol. The molecule has 0 aliphatic rings. The Bertz CT molecular complexity index is 1350. The van der Waals surface area contributed by atoms with Gasteiger partial charge in [0, 0.05) is 28.6 Å². The summed E-state index contributed by atoms with van der Waals surface area (Å²) in [4.78, 5) is 8.99. The van der Waals surface area contributed by atoms with Crippen LogP contribution in [0.3, 0.4) is 0 Å². The van der Waals surface area contributed by atoms with Crippen molar-refractivity contribution >= 4 is 11.6 Å². The molecule has 2 aromatic heterocycles. The normalized spacial score (nSPS) is 11.4. The molecule has 38 heavy (non-hydrogen) atoms. The maximum atomic E-state index is 12.6. The van der Waals surface area contributed by atoms with Gasteiger partial charge in [-0.2, -0.15) is 23.4 Å². The molecular weight excluding hydrogens is 495 g/mol. The van der Waals surface area contributed by atoms with Gasteiger partial charge in [-0.25, -0.2) is 9.97 Å². The van der Waals surface area contributed by atoms with Crippen LogP contribution in [-0.4, -0.2) is 40.1 Å². The molecule has 0 spiro atoms. The van der Waals surface area contributed by atoms with E-state index < -0.39 is 12.8 Å². The van der Waals surface area contributed by atoms with Gasteiger partial charge in [0.05, 0.1) is 31.3 Å². The predicted octanol–water partition coefficient (Wildman–Crippen LogP) is 6.25. The zero-order valence-electron chi connectivity index (χ0n) is 21.1. The van der Waals surface area contributed by atoms with E-state index in [1.54, 1.807) is 25.4 Å². The van der Waals surface area contributed by atoms with Gasteiger partial charge < -0.3 is 14.8 Å². The summed E-state index contributed by atoms with van der Waals surface area (Å²) in [6.07, 6.45) is -0.434. The van der Waals surface area contributed by atoms with Gasteiger partial charge in [-0.15, -0.1) is 0 Å². The maximum absolute atomic E-state index is 12.6. The van der Waals surface area contributed by atoms with Crippen LogP contribution in [0.4, 0.5) is 24.8 Å². The summed E-state index contributed by atoms with van der Waals surface area (Å²) < 4.78 is 48.2. The van der Waals surface area contributed by atoms with Crippen molar-refractivity contribution in [2.75, 3.05) is 19.0 Å². The van der Waals surface area contributed by atoms with Gasteiger partial charge in [0.2, 0.25) is 5.95 Å². The Morgan fingerprint density at radius 1 is 0.921 bits per heavy atom. The second-order valence-corrected chi connectivity index (χ2v) is 8.75. The van der Waals surface area contributed by atoms with Crippen LogP contribution in [-0.2, 0) is 24.2 Å². The highest BCUT2D eigenvalue weighted by Crippen LogP contribution is 2.33. The third kappa shape index (κ3) is 7.97. The molecule has 0 fully saturated rings. The smallest absolute Gasteiger partial charge is 0.411 e. The number of alkyl halides is 3. The van der Waals surface area contributed by atoms with Crippen LogP contribution >= 0.6 is 0 Å². The number of nitrogens with zero attached hydrogens (tertiary/aromatic N) is 4. The highest BCUT2D eigenvalue weighted by molar-refractivity contribution is 5.74. The minimum Gasteiger partial charge on any atom is -0.496 e. The Hall–Kier alpha value is -4.05. The number of benzene rings is 2. The third-order valence-electron chi connectivity index (χ3n) is 5.63. The lowest BCUT2D eigenvalue weighted by Crippen LogP contribution is -2.17. The third-order valence-corrected chi connectivity index (χ3v) is 5.63. The predicted molar refractivity (Wildman–Crippen MR) is 138 cm³/mol. The Morgan fingerprint density at radius 3 is 2.45 bits per heavy atom. The van der Waals surface area contributed by atoms with E-state index in [9.17, 15) is 13.2 Å². The molecule has 4 rings (SSSR count). The maximum Gasteiger partial charge on any atom is 0.411 e. The van der Waals surface area contributed by atoms with E-state index in [0.717, 1.165) is 29.7 Å². The quantitative estimate of drug-likeness (QED) is 0.249. The van der Waals surface area contributed by atoms with Crippen LogP contribution in [0.25, 0.3) is 11.1 Å². The molecule has 7 nitrogen and oxygen atoms in total. The van der Waals surface area contributed by atoms with Crippen molar-refractivity contribution in [1.29, 1.82) is 0 Å². The van der Waals surface area contributed by atoms with Crippen molar-refractivity contribution in [1.82, 2.24) is 20.2 Å². The molecule has 2 aromatic carbocycles. The van der Waals surface area contributed by atoms with Crippen LogP contribution in [0.5, 0.6) is 5.75 Å². The van der Waals surface area contributed by atoms with Crippen LogP contribution < -0.4 is 10.1 Å². The van der Waals surface area contributed by atoms with Gasteiger partial charge in [0.25, 0.3) is 0 Å². The Kier molecular flexibility index (Phi) is 8.85. The number of anilines is 2. The first-order chi connectivity index (χ1) is 18.3. The minimum atomic E-state index is -4.41. The molecule has 2 heterocycles. The van der Waals surface area contributed by atoms with Crippen molar-refractivity contribution in [3.8, 4) is 16.9 Å². The van der Waals surface area contributed by atoms with Gasteiger partial charge in [-0.3, -0.25) is 0 Å². The molecule has 0 radical (unpaired) electrons. The standard InChI is InChI=1S/C28H28F3N5O2/c1-19-13-21(16-32-36-19)25-12-11-23(15-26(25)37-2)34-27-33-22(10-6-9-20-7-4-3-5-8-20)14-24(35-27)17-38-18-28(29,30)31/h3-5,7-8,11-16H,6,9-10,17-18H2,1-2H3,(H,33,34,35). The van der Waals surface area contributed by atoms with Crippen molar-refractivity contribution in [2.45, 2.75) is 39.0 Å². The molecule has 0 saturated carbocycles. The number of aryl methyl sites for hydroxylation is 3. The van der Waals surface area contributed by atoms with Gasteiger partial charge in [-0.05, 0) is 56.0 Å². The summed E-state index contributed by atoms with van der Waals surface area (Å²) >= 11 is 0. The summed E-state index contributed by atoms with van der Waals surface area (Å²) in [7, 11) is 1.57. The first-order valence-electron chi connectivity index (χ1n) is 12.1. The summed E-state index contributed by atoms with van der Waals surface area (Å²) in [6, 6.07) is 19.2. The fourth-order valence-electron chi connectivity index (χ4n) is 3.96. The van der Waals surface area contributed by atoms with Gasteiger partial charge in [0.15, 0.2) is 0 Å². The monoisotopic (exact) mass is 523 g/mol. The molecule has 0 amide bonds. The highest BCUT2D eigenvalue weighted by Gasteiger charge is 2.27. The molecular formula is C28H28F3N5O2. The number of ether oxygens (including phenoxy) is 2. The van der Waals surface area contributed by atoms with E-state index in [2.05, 4.69) is 37.6 Å². The second kappa shape index (κ2) is 12.5. The van der Waals surface area contributed by atoms with E-state index in [-0.39, 0.29) is 12.6 Å². The second-order valence-electron chi connectivity index (χ2n) is 8.75. The molecule has 198 valence electrons. The van der Waals surface area contributed by atoms with Gasteiger partial charge in [0.1, 0.15) is 12.4 Å². The molecule has 0 aliphatic heterocycles. The Balaban J connectivity index is 1.53. The molecule has 10 heteroatoms. The summed E-state index contributed by atoms with van der Waals surface area (Å²) in [5.74, 6) is 0.874. The number of nitrogens with one attached hydrogen (secondary N) is 1. The molecule has 0 saturated heterocycles. The molecule has 0 bridgehead atoms. The fraction of sp³-hybridized carbons (Fsp3) is 0.286. The minimum absolute atomic E-state index is 0.268. The SMILES string of the molecule is COc1cc(Nc2nc(CCCc3ccccc3)cc(COCC(F)(F)F)n2)ccc1-c1cnnc(C)c1. The van der Waals surface area contributed by atoms with E-state index in [1.165, 1.54) is 5.56 Å². The van der Waals surface area contributed by atoms with E-state index in [1.807, 2.05) is 43.3 Å². The van der Waals surface area contributed by atoms with Gasteiger partial charge >= 0.3 is 6.18 Å². The zero-order valence-corrected chi connectivity index (χ0v) is 21.1. The molecule has 1 N–H and O–H groups in total. The number of rotatable bonds is 11. The van der Waals surface area contributed by atoms with Crippen LogP contribution in [0.1, 0.15) is 29.1 Å². The lowest BCUT2D eigenvalue weighted by atomic mass is 10.1. The van der Waals surface area contributed by atoms with Crippen LogP contribution in [0.15, 0.2) is 66.9 Å². The Morgan fingerprint density at radius 2 is 1.71 bits per heavy atom. The molecule has 0 atom stereocenters. The van der Waals surface area contributed by atoms with E-state index >= 15 is 0 Å². The average Bonchev–Trinajstić information content (AvgIpc) is 2.88. The number of hydrogen-bond donors (Lipinski definition) is 1. The molecule has 4 aromatic rings. The van der Waals surface area contributed by atoms with Crippen LogP contribution in [0, 0.1) is 6.92 Å². The summed E-state index contributed by atoms with van der Waals surface area (Å²) in [5, 5.41) is 11.2. The lowest BCUT2D eigenvalue weighted by molar-refractivity contribution is -0.176. The van der Waals surface area contributed by atoms with Gasteiger partial charge in [-0.1, -0.05) is 30.3 Å².